The highest BCUT2D eigenvalue weighted by Crippen LogP contribution is 2.23. The van der Waals surface area contributed by atoms with Gasteiger partial charge >= 0.3 is 0 Å². The smallest absolute Gasteiger partial charge is 0.257 e. The van der Waals surface area contributed by atoms with Gasteiger partial charge in [0.2, 0.25) is 0 Å². The average molecular weight is 358 g/mol. The minimum absolute atomic E-state index is 0. The lowest BCUT2D eigenvalue weighted by Crippen LogP contribution is -2.36. The molecule has 3 rings (SSSR count). The van der Waals surface area contributed by atoms with Crippen LogP contribution in [0, 0.1) is 0 Å². The number of aromatic nitrogens is 1. The van der Waals surface area contributed by atoms with Crippen LogP contribution >= 0.6 is 24.8 Å². The number of furan rings is 1. The Kier molecular flexibility index (Phi) is 7.06. The zero-order chi connectivity index (χ0) is 14.8. The second kappa shape index (κ2) is 8.34. The van der Waals surface area contributed by atoms with E-state index in [1.54, 1.807) is 6.07 Å². The topological polar surface area (TPSA) is 49.6 Å². The molecule has 0 N–H and O–H groups in total. The number of nitrogens with zero attached hydrogens (tertiary/aromatic N) is 3. The lowest BCUT2D eigenvalue weighted by Gasteiger charge is -2.30. The molecule has 7 heteroatoms. The first-order valence-electron chi connectivity index (χ1n) is 7.06. The summed E-state index contributed by atoms with van der Waals surface area (Å²) in [5.41, 5.74) is 4.36. The van der Waals surface area contributed by atoms with Gasteiger partial charge in [0, 0.05) is 32.0 Å². The molecule has 0 aliphatic carbocycles. The third-order valence-corrected chi connectivity index (χ3v) is 3.77. The van der Waals surface area contributed by atoms with Gasteiger partial charge in [-0.05, 0) is 43.3 Å². The summed E-state index contributed by atoms with van der Waals surface area (Å²) >= 11 is 0. The fourth-order valence-electron chi connectivity index (χ4n) is 2.79. The van der Waals surface area contributed by atoms with Gasteiger partial charge in [-0.25, -0.2) is 0 Å². The van der Waals surface area contributed by atoms with Crippen LogP contribution in [0.3, 0.4) is 0 Å². The molecule has 5 nitrogen and oxygen atoms in total. The molecule has 0 saturated heterocycles. The highest BCUT2D eigenvalue weighted by molar-refractivity contribution is 5.93. The molecule has 2 aromatic heterocycles. The van der Waals surface area contributed by atoms with Gasteiger partial charge < -0.3 is 14.2 Å². The number of rotatable bonds is 3. The zero-order valence-electron chi connectivity index (χ0n) is 13.2. The SMILES string of the molecule is CN(C)Cc1cncc2c1CCN(C(=O)c1ccoc1)C2.Cl.Cl. The number of carbonyl (C=O) groups is 1. The van der Waals surface area contributed by atoms with Crippen molar-refractivity contribution in [2.45, 2.75) is 19.5 Å². The molecule has 0 bridgehead atoms. The summed E-state index contributed by atoms with van der Waals surface area (Å²) < 4.78 is 4.99. The summed E-state index contributed by atoms with van der Waals surface area (Å²) in [5.74, 6) is 0.0208. The maximum absolute atomic E-state index is 12.4. The third-order valence-electron chi connectivity index (χ3n) is 3.77. The normalized spacial score (nSPS) is 13.1. The van der Waals surface area contributed by atoms with Crippen LogP contribution in [0.1, 0.15) is 27.0 Å². The molecule has 1 aliphatic rings. The zero-order valence-corrected chi connectivity index (χ0v) is 14.8. The maximum atomic E-state index is 12.4. The van der Waals surface area contributed by atoms with Crippen LogP contribution in [0.5, 0.6) is 0 Å². The number of carbonyl (C=O) groups excluding carboxylic acids is 1. The van der Waals surface area contributed by atoms with Crippen molar-refractivity contribution in [3.8, 4) is 0 Å². The number of halogens is 2. The van der Waals surface area contributed by atoms with E-state index in [1.165, 1.54) is 23.7 Å². The summed E-state index contributed by atoms with van der Waals surface area (Å²) in [4.78, 5) is 20.7. The summed E-state index contributed by atoms with van der Waals surface area (Å²) in [6, 6.07) is 1.71. The summed E-state index contributed by atoms with van der Waals surface area (Å²) in [7, 11) is 4.11. The van der Waals surface area contributed by atoms with Crippen molar-refractivity contribution >= 4 is 30.7 Å². The first-order valence-corrected chi connectivity index (χ1v) is 7.06. The molecule has 1 amide bonds. The molecule has 0 radical (unpaired) electrons. The number of hydrogen-bond donors (Lipinski definition) is 0. The molecule has 0 atom stereocenters. The third kappa shape index (κ3) is 4.25. The van der Waals surface area contributed by atoms with Crippen LogP contribution in [0.15, 0.2) is 35.4 Å². The highest BCUT2D eigenvalue weighted by Gasteiger charge is 2.24. The van der Waals surface area contributed by atoms with E-state index in [0.717, 1.165) is 25.1 Å². The Balaban J connectivity index is 0.00000132. The number of pyridine rings is 1. The molecule has 126 valence electrons. The molecule has 0 aromatic carbocycles. The lowest BCUT2D eigenvalue weighted by atomic mass is 9.96. The predicted octanol–water partition coefficient (Wildman–Crippen LogP) is 2.78. The average Bonchev–Trinajstić information content (AvgIpc) is 3.00. The van der Waals surface area contributed by atoms with E-state index in [9.17, 15) is 4.79 Å². The second-order valence-corrected chi connectivity index (χ2v) is 5.66. The molecule has 23 heavy (non-hydrogen) atoms. The van der Waals surface area contributed by atoms with Crippen LogP contribution in [0.4, 0.5) is 0 Å². The fraction of sp³-hybridized carbons (Fsp3) is 0.375. The van der Waals surface area contributed by atoms with Crippen LogP contribution in [-0.4, -0.2) is 41.3 Å². The monoisotopic (exact) mass is 357 g/mol. The van der Waals surface area contributed by atoms with Crippen LogP contribution in [0.2, 0.25) is 0 Å². The van der Waals surface area contributed by atoms with Gasteiger partial charge in [0.15, 0.2) is 0 Å². The Morgan fingerprint density at radius 3 is 2.78 bits per heavy atom. The van der Waals surface area contributed by atoms with Crippen molar-refractivity contribution in [2.24, 2.45) is 0 Å². The van der Waals surface area contributed by atoms with E-state index < -0.39 is 0 Å². The molecular formula is C16H21Cl2N3O2. The predicted molar refractivity (Wildman–Crippen MR) is 93.3 cm³/mol. The minimum Gasteiger partial charge on any atom is -0.472 e. The molecular weight excluding hydrogens is 337 g/mol. The second-order valence-electron chi connectivity index (χ2n) is 5.66. The molecule has 1 aliphatic heterocycles. The minimum atomic E-state index is 0. The first-order chi connectivity index (χ1) is 10.1. The van der Waals surface area contributed by atoms with E-state index in [0.29, 0.717) is 12.1 Å². The number of amides is 1. The standard InChI is InChI=1S/C16H19N3O2.2ClH/c1-18(2)9-13-7-17-8-14-10-19(5-3-15(13)14)16(20)12-4-6-21-11-12;;/h4,6-8,11H,3,5,9-10H2,1-2H3;2*1H. The van der Waals surface area contributed by atoms with Gasteiger partial charge in [0.1, 0.15) is 6.26 Å². The van der Waals surface area contributed by atoms with Crippen molar-refractivity contribution in [3.05, 3.63) is 53.2 Å². The van der Waals surface area contributed by atoms with Crippen LogP contribution in [0.25, 0.3) is 0 Å². The van der Waals surface area contributed by atoms with Crippen LogP contribution in [-0.2, 0) is 19.5 Å². The molecule has 0 saturated carbocycles. The highest BCUT2D eigenvalue weighted by atomic mass is 35.5. The summed E-state index contributed by atoms with van der Waals surface area (Å²) in [5, 5.41) is 0. The van der Waals surface area contributed by atoms with Gasteiger partial charge in [-0.2, -0.15) is 0 Å². The van der Waals surface area contributed by atoms with Gasteiger partial charge in [-0.3, -0.25) is 9.78 Å². The van der Waals surface area contributed by atoms with Gasteiger partial charge in [0.25, 0.3) is 5.91 Å². The Morgan fingerprint density at radius 2 is 2.13 bits per heavy atom. The Hall–Kier alpha value is -1.56. The van der Waals surface area contributed by atoms with Gasteiger partial charge in [-0.15, -0.1) is 24.8 Å². The molecule has 2 aromatic rings. The maximum Gasteiger partial charge on any atom is 0.257 e. The molecule has 0 unspecified atom stereocenters. The summed E-state index contributed by atoms with van der Waals surface area (Å²) in [6.07, 6.45) is 7.72. The Labute approximate surface area is 148 Å². The quantitative estimate of drug-likeness (QED) is 0.847. The Morgan fingerprint density at radius 1 is 1.35 bits per heavy atom. The summed E-state index contributed by atoms with van der Waals surface area (Å²) in [6.45, 7) is 2.24. The number of fused-ring (bicyclic) bond motifs is 1. The molecule has 0 spiro atoms. The number of hydrogen-bond acceptors (Lipinski definition) is 4. The Bertz CT molecular complexity index is 645. The van der Waals surface area contributed by atoms with Gasteiger partial charge in [0.05, 0.1) is 11.8 Å². The van der Waals surface area contributed by atoms with E-state index in [4.69, 9.17) is 4.42 Å². The lowest BCUT2D eigenvalue weighted by molar-refractivity contribution is 0.0733. The van der Waals surface area contributed by atoms with E-state index in [1.807, 2.05) is 17.3 Å². The first kappa shape index (κ1) is 19.5. The van der Waals surface area contributed by atoms with Gasteiger partial charge in [-0.1, -0.05) is 0 Å². The van der Waals surface area contributed by atoms with Crippen molar-refractivity contribution in [2.75, 3.05) is 20.6 Å². The largest absolute Gasteiger partial charge is 0.472 e. The van der Waals surface area contributed by atoms with E-state index in [2.05, 4.69) is 24.0 Å². The van der Waals surface area contributed by atoms with Crippen LogP contribution < -0.4 is 0 Å². The van der Waals surface area contributed by atoms with Crippen molar-refractivity contribution in [1.29, 1.82) is 0 Å². The van der Waals surface area contributed by atoms with Crippen molar-refractivity contribution in [1.82, 2.24) is 14.8 Å². The van der Waals surface area contributed by atoms with E-state index >= 15 is 0 Å². The van der Waals surface area contributed by atoms with Crippen molar-refractivity contribution < 1.29 is 9.21 Å². The van der Waals surface area contributed by atoms with E-state index in [-0.39, 0.29) is 30.7 Å². The molecule has 0 fully saturated rings. The fourth-order valence-corrected chi connectivity index (χ4v) is 2.79. The van der Waals surface area contributed by atoms with Crippen molar-refractivity contribution in [3.63, 3.8) is 0 Å². The molecule has 3 heterocycles.